The van der Waals surface area contributed by atoms with Gasteiger partial charge >= 0.3 is 0 Å². The molecule has 4 rings (SSSR count). The molecule has 0 radical (unpaired) electrons. The number of halogens is 1. The molecular formula is C22H20FN3O2S2. The summed E-state index contributed by atoms with van der Waals surface area (Å²) in [6, 6.07) is 15.5. The second kappa shape index (κ2) is 9.06. The normalized spacial score (nSPS) is 15.1. The van der Waals surface area contributed by atoms with Gasteiger partial charge in [0.25, 0.3) is 5.56 Å². The molecule has 1 aliphatic rings. The van der Waals surface area contributed by atoms with E-state index in [9.17, 15) is 14.0 Å². The van der Waals surface area contributed by atoms with Crippen LogP contribution in [0.3, 0.4) is 0 Å². The Balaban J connectivity index is 1.57. The Kier molecular flexibility index (Phi) is 6.24. The summed E-state index contributed by atoms with van der Waals surface area (Å²) in [5.74, 6) is -0.627. The zero-order valence-electron chi connectivity index (χ0n) is 16.3. The number of thioether (sulfide) groups is 2. The Morgan fingerprint density at radius 1 is 1.27 bits per heavy atom. The summed E-state index contributed by atoms with van der Waals surface area (Å²) in [6.07, 6.45) is 0.741. The number of aromatic nitrogens is 2. The van der Waals surface area contributed by atoms with Crippen molar-refractivity contribution in [2.75, 3.05) is 11.1 Å². The lowest BCUT2D eigenvalue weighted by Crippen LogP contribution is -2.26. The Labute approximate surface area is 182 Å². The highest BCUT2D eigenvalue weighted by Crippen LogP contribution is 2.34. The molecule has 30 heavy (non-hydrogen) atoms. The van der Waals surface area contributed by atoms with Gasteiger partial charge < -0.3 is 5.32 Å². The first-order valence-corrected chi connectivity index (χ1v) is 11.4. The van der Waals surface area contributed by atoms with Crippen molar-refractivity contribution in [3.63, 3.8) is 0 Å². The number of fused-ring (bicyclic) bond motifs is 1. The van der Waals surface area contributed by atoms with E-state index in [1.807, 2.05) is 30.3 Å². The van der Waals surface area contributed by atoms with Gasteiger partial charge in [0.2, 0.25) is 5.91 Å². The molecule has 1 amide bonds. The smallest absolute Gasteiger partial charge is 0.268 e. The Morgan fingerprint density at radius 3 is 2.83 bits per heavy atom. The van der Waals surface area contributed by atoms with Crippen molar-refractivity contribution < 1.29 is 9.18 Å². The maximum atomic E-state index is 13.3. The molecule has 5 nitrogen and oxygen atoms in total. The Morgan fingerprint density at radius 2 is 2.07 bits per heavy atom. The summed E-state index contributed by atoms with van der Waals surface area (Å²) in [5, 5.41) is 3.50. The average Bonchev–Trinajstić information content (AvgIpc) is 3.10. The van der Waals surface area contributed by atoms with E-state index in [1.54, 1.807) is 22.4 Å². The third-order valence-electron chi connectivity index (χ3n) is 4.59. The van der Waals surface area contributed by atoms with Crippen molar-refractivity contribution in [1.29, 1.82) is 0 Å². The number of nitrogens with one attached hydrogen (secondary N) is 1. The van der Waals surface area contributed by atoms with Crippen molar-refractivity contribution in [2.45, 2.75) is 35.2 Å². The SMILES string of the molecule is CC1Cc2nc(SCC(=O)Nc3cccc(F)c3)n(Cc3ccccc3)c(=O)c2S1. The van der Waals surface area contributed by atoms with E-state index in [4.69, 9.17) is 4.98 Å². The molecular weight excluding hydrogens is 421 g/mol. The fourth-order valence-electron chi connectivity index (χ4n) is 3.24. The summed E-state index contributed by atoms with van der Waals surface area (Å²) < 4.78 is 15.0. The molecule has 1 atom stereocenters. The predicted octanol–water partition coefficient (Wildman–Crippen LogP) is 4.20. The second-order valence-corrected chi connectivity index (χ2v) is 9.42. The van der Waals surface area contributed by atoms with Gasteiger partial charge in [-0.25, -0.2) is 9.37 Å². The summed E-state index contributed by atoms with van der Waals surface area (Å²) in [4.78, 5) is 30.9. The van der Waals surface area contributed by atoms with Gasteiger partial charge in [0.15, 0.2) is 5.16 Å². The van der Waals surface area contributed by atoms with E-state index in [0.29, 0.717) is 27.5 Å². The molecule has 1 aliphatic heterocycles. The Hall–Kier alpha value is -2.58. The molecule has 0 spiro atoms. The number of carbonyl (C=O) groups is 1. The van der Waals surface area contributed by atoms with Crippen LogP contribution in [-0.2, 0) is 17.8 Å². The first kappa shape index (κ1) is 20.7. The molecule has 0 saturated carbocycles. The van der Waals surface area contributed by atoms with Gasteiger partial charge in [-0.2, -0.15) is 0 Å². The number of amides is 1. The molecule has 1 N–H and O–H groups in total. The molecule has 154 valence electrons. The Bertz CT molecular complexity index is 1130. The highest BCUT2D eigenvalue weighted by molar-refractivity contribution is 8.00. The number of hydrogen-bond donors (Lipinski definition) is 1. The van der Waals surface area contributed by atoms with Gasteiger partial charge in [-0.3, -0.25) is 14.2 Å². The molecule has 0 fully saturated rings. The lowest BCUT2D eigenvalue weighted by molar-refractivity contribution is -0.113. The highest BCUT2D eigenvalue weighted by Gasteiger charge is 2.26. The molecule has 2 heterocycles. The van der Waals surface area contributed by atoms with Crippen molar-refractivity contribution >= 4 is 35.1 Å². The van der Waals surface area contributed by atoms with Gasteiger partial charge in [-0.15, -0.1) is 11.8 Å². The standard InChI is InChI=1S/C22H20FN3O2S2/c1-14-10-18-20(30-14)21(28)26(12-15-6-3-2-4-7-15)22(25-18)29-13-19(27)24-17-9-5-8-16(23)11-17/h2-9,11,14H,10,12-13H2,1H3,(H,24,27). The predicted molar refractivity (Wildman–Crippen MR) is 119 cm³/mol. The van der Waals surface area contributed by atoms with Crippen LogP contribution in [0.1, 0.15) is 18.2 Å². The van der Waals surface area contributed by atoms with Crippen LogP contribution in [0.4, 0.5) is 10.1 Å². The van der Waals surface area contributed by atoms with Crippen molar-refractivity contribution in [2.24, 2.45) is 0 Å². The summed E-state index contributed by atoms with van der Waals surface area (Å²) in [5.41, 5.74) is 2.12. The highest BCUT2D eigenvalue weighted by atomic mass is 32.2. The molecule has 3 aromatic rings. The van der Waals surface area contributed by atoms with Crippen molar-refractivity contribution in [3.8, 4) is 0 Å². The maximum absolute atomic E-state index is 13.3. The van der Waals surface area contributed by atoms with Crippen LogP contribution < -0.4 is 10.9 Å². The number of hydrogen-bond acceptors (Lipinski definition) is 5. The van der Waals surface area contributed by atoms with Crippen LogP contribution in [0.25, 0.3) is 0 Å². The minimum absolute atomic E-state index is 0.0637. The topological polar surface area (TPSA) is 64.0 Å². The van der Waals surface area contributed by atoms with E-state index >= 15 is 0 Å². The lowest BCUT2D eigenvalue weighted by atomic mass is 10.2. The minimum Gasteiger partial charge on any atom is -0.325 e. The monoisotopic (exact) mass is 441 g/mol. The minimum atomic E-state index is -0.413. The molecule has 1 aromatic heterocycles. The van der Waals surface area contributed by atoms with Gasteiger partial charge in [-0.05, 0) is 23.8 Å². The van der Waals surface area contributed by atoms with E-state index in [1.165, 1.54) is 30.0 Å². The zero-order valence-corrected chi connectivity index (χ0v) is 17.9. The number of nitrogens with zero attached hydrogens (tertiary/aromatic N) is 2. The quantitative estimate of drug-likeness (QED) is 0.459. The molecule has 0 bridgehead atoms. The molecule has 0 saturated heterocycles. The molecule has 2 aromatic carbocycles. The van der Waals surface area contributed by atoms with Crippen LogP contribution in [0.15, 0.2) is 69.4 Å². The third kappa shape index (κ3) is 4.76. The number of carbonyl (C=O) groups excluding carboxylic acids is 1. The third-order valence-corrected chi connectivity index (χ3v) is 6.78. The van der Waals surface area contributed by atoms with Crippen LogP contribution >= 0.6 is 23.5 Å². The van der Waals surface area contributed by atoms with E-state index in [-0.39, 0.29) is 17.2 Å². The van der Waals surface area contributed by atoms with Gasteiger partial charge in [0, 0.05) is 17.4 Å². The van der Waals surface area contributed by atoms with E-state index in [2.05, 4.69) is 12.2 Å². The van der Waals surface area contributed by atoms with Crippen molar-refractivity contribution in [3.05, 3.63) is 82.0 Å². The molecule has 8 heteroatoms. The van der Waals surface area contributed by atoms with Crippen LogP contribution in [0, 0.1) is 5.82 Å². The maximum Gasteiger partial charge on any atom is 0.268 e. The first-order chi connectivity index (χ1) is 14.5. The number of anilines is 1. The number of benzene rings is 2. The van der Waals surface area contributed by atoms with Crippen LogP contribution in [0.2, 0.25) is 0 Å². The molecule has 0 aliphatic carbocycles. The largest absolute Gasteiger partial charge is 0.325 e. The van der Waals surface area contributed by atoms with Gasteiger partial charge in [-0.1, -0.05) is 55.1 Å². The molecule has 1 unspecified atom stereocenters. The number of rotatable bonds is 6. The van der Waals surface area contributed by atoms with Crippen molar-refractivity contribution in [1.82, 2.24) is 9.55 Å². The van der Waals surface area contributed by atoms with Crippen LogP contribution in [0.5, 0.6) is 0 Å². The first-order valence-electron chi connectivity index (χ1n) is 9.52. The summed E-state index contributed by atoms with van der Waals surface area (Å²) in [7, 11) is 0. The van der Waals surface area contributed by atoms with E-state index in [0.717, 1.165) is 17.7 Å². The average molecular weight is 442 g/mol. The van der Waals surface area contributed by atoms with E-state index < -0.39 is 5.82 Å². The second-order valence-electron chi connectivity index (χ2n) is 7.03. The fraction of sp³-hybridized carbons (Fsp3) is 0.227. The van der Waals surface area contributed by atoms with Crippen LogP contribution in [-0.4, -0.2) is 26.5 Å². The van der Waals surface area contributed by atoms with Gasteiger partial charge in [0.05, 0.1) is 22.9 Å². The summed E-state index contributed by atoms with van der Waals surface area (Å²) in [6.45, 7) is 2.47. The lowest BCUT2D eigenvalue weighted by Gasteiger charge is -2.14. The fourth-order valence-corrected chi connectivity index (χ4v) is 5.17. The van der Waals surface area contributed by atoms with Gasteiger partial charge in [0.1, 0.15) is 5.82 Å². The summed E-state index contributed by atoms with van der Waals surface area (Å²) >= 11 is 2.77. The zero-order chi connectivity index (χ0) is 21.1.